The van der Waals surface area contributed by atoms with Gasteiger partial charge in [0.2, 0.25) is 5.24 Å². The van der Waals surface area contributed by atoms with E-state index in [2.05, 4.69) is 32.9 Å². The van der Waals surface area contributed by atoms with Gasteiger partial charge in [-0.3, -0.25) is 4.79 Å². The zero-order chi connectivity index (χ0) is 17.9. The fourth-order valence-corrected chi connectivity index (χ4v) is 2.02. The molecule has 0 N–H and O–H groups in total. The van der Waals surface area contributed by atoms with Crippen molar-refractivity contribution < 1.29 is 18.0 Å². The van der Waals surface area contributed by atoms with Crippen molar-refractivity contribution in [2.75, 3.05) is 0 Å². The number of halogens is 4. The number of hydrogen-bond acceptors (Lipinski definition) is 1. The molecule has 0 heterocycles. The molecular formula is C17H26ClF3O. The Morgan fingerprint density at radius 1 is 1.09 bits per heavy atom. The molecule has 0 aliphatic rings. The van der Waals surface area contributed by atoms with Crippen LogP contribution in [0.4, 0.5) is 13.2 Å². The SMILES string of the molecule is CC.CC[C@H](C(=O)Cl)c1ccc(C(C)(C)C)cc1.FC(F)F. The molecule has 1 rings (SSSR count). The summed E-state index contributed by atoms with van der Waals surface area (Å²) >= 11 is 5.57. The molecule has 0 fully saturated rings. The van der Waals surface area contributed by atoms with E-state index in [9.17, 15) is 18.0 Å². The van der Waals surface area contributed by atoms with Crippen LogP contribution in [0.15, 0.2) is 24.3 Å². The molecule has 22 heavy (non-hydrogen) atoms. The lowest BCUT2D eigenvalue weighted by Crippen LogP contribution is -2.11. The summed E-state index contributed by atoms with van der Waals surface area (Å²) < 4.78 is 29.0. The van der Waals surface area contributed by atoms with E-state index in [0.29, 0.717) is 0 Å². The first-order valence-corrected chi connectivity index (χ1v) is 7.69. The van der Waals surface area contributed by atoms with Crippen LogP contribution in [0.1, 0.15) is 65.0 Å². The summed E-state index contributed by atoms with van der Waals surface area (Å²) in [5.41, 5.74) is 2.43. The van der Waals surface area contributed by atoms with Crippen molar-refractivity contribution in [1.29, 1.82) is 0 Å². The summed E-state index contributed by atoms with van der Waals surface area (Å²) in [4.78, 5) is 11.2. The largest absolute Gasteiger partial charge is 0.379 e. The molecular weight excluding hydrogens is 313 g/mol. The number of alkyl halides is 3. The van der Waals surface area contributed by atoms with Crippen molar-refractivity contribution in [2.45, 2.75) is 66.0 Å². The molecule has 0 bridgehead atoms. The van der Waals surface area contributed by atoms with E-state index < -0.39 is 6.68 Å². The first-order chi connectivity index (χ1) is 10.1. The van der Waals surface area contributed by atoms with E-state index >= 15 is 0 Å². The maximum absolute atomic E-state index is 11.2. The molecule has 1 nitrogen and oxygen atoms in total. The van der Waals surface area contributed by atoms with Gasteiger partial charge in [-0.15, -0.1) is 0 Å². The standard InChI is InChI=1S/C14H19ClO.C2H6.CHF3/c1-5-12(13(15)16)10-6-8-11(9-7-10)14(2,3)4;1-2;2-1(3)4/h6-9,12H,5H2,1-4H3;1-2H3;1H/t12-;;/m0../s1. The van der Waals surface area contributed by atoms with E-state index in [-0.39, 0.29) is 16.6 Å². The van der Waals surface area contributed by atoms with E-state index in [1.165, 1.54) is 5.56 Å². The molecule has 0 aliphatic carbocycles. The molecule has 0 saturated heterocycles. The van der Waals surface area contributed by atoms with Gasteiger partial charge in [-0.1, -0.05) is 65.8 Å². The summed E-state index contributed by atoms with van der Waals surface area (Å²) in [7, 11) is 0. The Balaban J connectivity index is 0. The molecule has 0 unspecified atom stereocenters. The van der Waals surface area contributed by atoms with Gasteiger partial charge in [-0.25, -0.2) is 0 Å². The second kappa shape index (κ2) is 11.5. The van der Waals surface area contributed by atoms with Gasteiger partial charge in [0, 0.05) is 0 Å². The fourth-order valence-electron chi connectivity index (χ4n) is 1.74. The van der Waals surface area contributed by atoms with Crippen LogP contribution in [0.2, 0.25) is 0 Å². The van der Waals surface area contributed by atoms with Crippen molar-refractivity contribution in [3.63, 3.8) is 0 Å². The molecule has 128 valence electrons. The summed E-state index contributed by atoms with van der Waals surface area (Å²) in [6, 6.07) is 8.18. The fraction of sp³-hybridized carbons (Fsp3) is 0.588. The van der Waals surface area contributed by atoms with Crippen LogP contribution in [-0.4, -0.2) is 11.9 Å². The smallest absolute Gasteiger partial charge is 0.281 e. The summed E-state index contributed by atoms with van der Waals surface area (Å²) in [6.07, 6.45) is 0.747. The zero-order valence-corrected chi connectivity index (χ0v) is 14.8. The third kappa shape index (κ3) is 9.82. The van der Waals surface area contributed by atoms with Crippen LogP contribution in [0.3, 0.4) is 0 Å². The Labute approximate surface area is 136 Å². The van der Waals surface area contributed by atoms with Gasteiger partial charge in [0.25, 0.3) is 0 Å². The molecule has 0 aliphatic heterocycles. The highest BCUT2D eigenvalue weighted by Gasteiger charge is 2.18. The maximum Gasteiger partial charge on any atom is 0.379 e. The van der Waals surface area contributed by atoms with Crippen LogP contribution in [0.5, 0.6) is 0 Å². The predicted molar refractivity (Wildman–Crippen MR) is 87.5 cm³/mol. The van der Waals surface area contributed by atoms with E-state index in [1.54, 1.807) is 0 Å². The minimum Gasteiger partial charge on any atom is -0.281 e. The van der Waals surface area contributed by atoms with Gasteiger partial charge >= 0.3 is 6.68 Å². The van der Waals surface area contributed by atoms with Gasteiger partial charge in [0.05, 0.1) is 5.92 Å². The Hall–Kier alpha value is -1.03. The van der Waals surface area contributed by atoms with Crippen molar-refractivity contribution in [1.82, 2.24) is 0 Å². The first kappa shape index (κ1) is 23.2. The summed E-state index contributed by atoms with van der Waals surface area (Å²) in [5.74, 6) is -0.171. The Morgan fingerprint density at radius 2 is 1.45 bits per heavy atom. The lowest BCUT2D eigenvalue weighted by molar-refractivity contribution is -0.113. The van der Waals surface area contributed by atoms with Crippen LogP contribution in [0.25, 0.3) is 0 Å². The van der Waals surface area contributed by atoms with Gasteiger partial charge in [0.1, 0.15) is 0 Å². The van der Waals surface area contributed by atoms with Crippen molar-refractivity contribution >= 4 is 16.8 Å². The molecule has 0 radical (unpaired) electrons. The van der Waals surface area contributed by atoms with Crippen LogP contribution in [0, 0.1) is 0 Å². The van der Waals surface area contributed by atoms with Crippen LogP contribution >= 0.6 is 11.6 Å². The number of rotatable bonds is 3. The topological polar surface area (TPSA) is 17.1 Å². The number of hydrogen-bond donors (Lipinski definition) is 0. The number of benzene rings is 1. The molecule has 0 saturated carbocycles. The average molecular weight is 339 g/mol. The molecule has 0 aromatic heterocycles. The zero-order valence-electron chi connectivity index (χ0n) is 14.1. The minimum absolute atomic E-state index is 0.144. The van der Waals surface area contributed by atoms with Crippen LogP contribution in [-0.2, 0) is 10.2 Å². The Morgan fingerprint density at radius 3 is 1.68 bits per heavy atom. The van der Waals surface area contributed by atoms with Crippen LogP contribution < -0.4 is 0 Å². The normalized spacial score (nSPS) is 11.8. The Kier molecular flexibility index (Phi) is 12.2. The van der Waals surface area contributed by atoms with Crippen molar-refractivity contribution in [2.24, 2.45) is 0 Å². The summed E-state index contributed by atoms with van der Waals surface area (Å²) in [6.45, 7) is 8.83. The molecule has 5 heteroatoms. The van der Waals surface area contributed by atoms with E-state index in [0.717, 1.165) is 12.0 Å². The molecule has 1 aromatic rings. The average Bonchev–Trinajstić information content (AvgIpc) is 2.40. The quantitative estimate of drug-likeness (QED) is 0.579. The molecule has 1 aromatic carbocycles. The maximum atomic E-state index is 11.2. The third-order valence-electron chi connectivity index (χ3n) is 2.86. The third-order valence-corrected chi connectivity index (χ3v) is 3.12. The second-order valence-electron chi connectivity index (χ2n) is 5.38. The van der Waals surface area contributed by atoms with Crippen molar-refractivity contribution in [3.8, 4) is 0 Å². The second-order valence-corrected chi connectivity index (χ2v) is 5.76. The highest BCUT2D eigenvalue weighted by molar-refractivity contribution is 6.64. The molecule has 1 atom stereocenters. The van der Waals surface area contributed by atoms with E-state index in [1.807, 2.05) is 32.9 Å². The number of carbonyl (C=O) groups is 1. The predicted octanol–water partition coefficient (Wildman–Crippen LogP) is 6.45. The highest BCUT2D eigenvalue weighted by Crippen LogP contribution is 2.26. The highest BCUT2D eigenvalue weighted by atomic mass is 35.5. The van der Waals surface area contributed by atoms with Gasteiger partial charge in [-0.05, 0) is 34.6 Å². The van der Waals surface area contributed by atoms with Gasteiger partial charge in [-0.2, -0.15) is 13.2 Å². The van der Waals surface area contributed by atoms with E-state index in [4.69, 9.17) is 11.6 Å². The number of carbonyl (C=O) groups excluding carboxylic acids is 1. The minimum atomic E-state index is -3.67. The van der Waals surface area contributed by atoms with Gasteiger partial charge in [0.15, 0.2) is 0 Å². The Bertz CT molecular complexity index is 408. The first-order valence-electron chi connectivity index (χ1n) is 7.31. The van der Waals surface area contributed by atoms with Gasteiger partial charge < -0.3 is 0 Å². The summed E-state index contributed by atoms with van der Waals surface area (Å²) in [5, 5.41) is -0.272. The lowest BCUT2D eigenvalue weighted by atomic mass is 9.85. The molecule has 0 amide bonds. The molecule has 0 spiro atoms. The van der Waals surface area contributed by atoms with Crippen molar-refractivity contribution in [3.05, 3.63) is 35.4 Å². The lowest BCUT2D eigenvalue weighted by Gasteiger charge is -2.20. The monoisotopic (exact) mass is 338 g/mol.